The van der Waals surface area contributed by atoms with E-state index < -0.39 is 6.10 Å². The summed E-state index contributed by atoms with van der Waals surface area (Å²) >= 11 is 0. The molecule has 0 aromatic carbocycles. The highest BCUT2D eigenvalue weighted by Crippen LogP contribution is 2.20. The first-order valence-electron chi connectivity index (χ1n) is 39.8. The Labute approximate surface area is 561 Å². The zero-order valence-corrected chi connectivity index (χ0v) is 60.1. The van der Waals surface area contributed by atoms with Crippen LogP contribution in [0.2, 0.25) is 0 Å². The van der Waals surface area contributed by atoms with Crippen LogP contribution in [0.3, 0.4) is 0 Å². The van der Waals surface area contributed by atoms with Gasteiger partial charge in [-0.25, -0.2) is 0 Å². The highest BCUT2D eigenvalue weighted by atomic mass is 16.6. The molecule has 0 fully saturated rings. The van der Waals surface area contributed by atoms with Gasteiger partial charge in [0, 0.05) is 12.8 Å². The van der Waals surface area contributed by atoms with Gasteiger partial charge in [-0.1, -0.05) is 406 Å². The minimum Gasteiger partial charge on any atom is -0.462 e. The number of carbonyl (C=O) groups excluding carboxylic acids is 2. The SMILES string of the molecule is CC/C=C\C/C=C\C/C=C\C/C=C\CCCCCCCCCCCCCCCCCCCCCCCCCCCCC(=O)OC(CO)COC(=O)CCCCCCCCCCCCCCCCCCCCCCCCCC/C=C\C/C=C\C/C=C\C/C=C\CC. The fourth-order valence-electron chi connectivity index (χ4n) is 12.0. The molecule has 5 heteroatoms. The number of allylic oxidation sites excluding steroid dienone is 16. The van der Waals surface area contributed by atoms with Crippen LogP contribution in [-0.2, 0) is 19.1 Å². The Bertz CT molecular complexity index is 1660. The van der Waals surface area contributed by atoms with E-state index in [1.807, 2.05) is 0 Å². The van der Waals surface area contributed by atoms with Gasteiger partial charge in [0.1, 0.15) is 6.61 Å². The minimum absolute atomic E-state index is 0.0612. The lowest BCUT2D eigenvalue weighted by Crippen LogP contribution is -2.28. The third kappa shape index (κ3) is 77.3. The highest BCUT2D eigenvalue weighted by molar-refractivity contribution is 5.70. The number of hydrogen-bond donors (Lipinski definition) is 1. The minimum atomic E-state index is -0.773. The van der Waals surface area contributed by atoms with Crippen molar-refractivity contribution in [2.75, 3.05) is 13.2 Å². The number of aliphatic hydroxyl groups is 1. The normalized spacial score (nSPS) is 12.7. The highest BCUT2D eigenvalue weighted by Gasteiger charge is 2.16. The van der Waals surface area contributed by atoms with Crippen LogP contribution in [0.4, 0.5) is 0 Å². The van der Waals surface area contributed by atoms with Crippen molar-refractivity contribution >= 4 is 11.9 Å². The van der Waals surface area contributed by atoms with Crippen molar-refractivity contribution in [2.24, 2.45) is 0 Å². The molecule has 0 saturated heterocycles. The van der Waals surface area contributed by atoms with Crippen molar-refractivity contribution in [3.63, 3.8) is 0 Å². The Morgan fingerprint density at radius 2 is 0.444 bits per heavy atom. The summed E-state index contributed by atoms with van der Waals surface area (Å²) in [6.45, 7) is 3.97. The van der Waals surface area contributed by atoms with E-state index in [1.165, 1.54) is 295 Å². The average molecular weight is 1250 g/mol. The van der Waals surface area contributed by atoms with Crippen molar-refractivity contribution in [2.45, 2.75) is 418 Å². The van der Waals surface area contributed by atoms with Crippen LogP contribution >= 0.6 is 0 Å². The Morgan fingerprint density at radius 1 is 0.256 bits per heavy atom. The molecule has 90 heavy (non-hydrogen) atoms. The summed E-state index contributed by atoms with van der Waals surface area (Å²) in [7, 11) is 0. The number of carbonyl (C=O) groups is 2. The van der Waals surface area contributed by atoms with Gasteiger partial charge in [-0.3, -0.25) is 9.59 Å². The second-order valence-corrected chi connectivity index (χ2v) is 26.7. The molecule has 0 rings (SSSR count). The smallest absolute Gasteiger partial charge is 0.306 e. The first-order chi connectivity index (χ1) is 44.6. The Morgan fingerprint density at radius 3 is 0.667 bits per heavy atom. The predicted octanol–water partition coefficient (Wildman–Crippen LogP) is 28.1. The third-order valence-corrected chi connectivity index (χ3v) is 17.9. The fraction of sp³-hybridized carbons (Fsp3) is 0.788. The van der Waals surface area contributed by atoms with Gasteiger partial charge in [0.15, 0.2) is 6.10 Å². The lowest BCUT2D eigenvalue weighted by Gasteiger charge is -2.15. The molecule has 0 aliphatic carbocycles. The summed E-state index contributed by atoms with van der Waals surface area (Å²) in [6, 6.07) is 0. The molecule has 5 nitrogen and oxygen atoms in total. The van der Waals surface area contributed by atoms with Gasteiger partial charge >= 0.3 is 11.9 Å². The van der Waals surface area contributed by atoms with E-state index in [0.29, 0.717) is 12.8 Å². The molecule has 1 atom stereocenters. The summed E-state index contributed by atoms with van der Waals surface area (Å²) in [5.74, 6) is -0.567. The molecule has 0 aliphatic heterocycles. The average Bonchev–Trinajstić information content (AvgIpc) is 3.59. The van der Waals surface area contributed by atoms with Crippen molar-refractivity contribution < 1.29 is 24.2 Å². The lowest BCUT2D eigenvalue weighted by atomic mass is 10.0. The van der Waals surface area contributed by atoms with Crippen LogP contribution in [0.25, 0.3) is 0 Å². The number of esters is 2. The van der Waals surface area contributed by atoms with Crippen LogP contribution < -0.4 is 0 Å². The van der Waals surface area contributed by atoms with Gasteiger partial charge in [0.05, 0.1) is 6.61 Å². The summed E-state index contributed by atoms with van der Waals surface area (Å²) in [6.07, 6.45) is 115. The molecular formula is C85H152O5. The maximum absolute atomic E-state index is 12.4. The van der Waals surface area contributed by atoms with Crippen molar-refractivity contribution in [1.82, 2.24) is 0 Å². The molecule has 0 aromatic rings. The summed E-state index contributed by atoms with van der Waals surface area (Å²) in [4.78, 5) is 24.7. The van der Waals surface area contributed by atoms with E-state index in [0.717, 1.165) is 89.9 Å². The van der Waals surface area contributed by atoms with Gasteiger partial charge in [-0.05, 0) is 89.9 Å². The maximum atomic E-state index is 12.4. The Hall–Kier alpha value is -3.18. The van der Waals surface area contributed by atoms with E-state index in [1.54, 1.807) is 0 Å². The quantitative estimate of drug-likeness (QED) is 0.0373. The molecule has 0 bridgehead atoms. The Balaban J connectivity index is 3.38. The monoisotopic (exact) mass is 1250 g/mol. The molecule has 0 saturated carbocycles. The van der Waals surface area contributed by atoms with E-state index in [-0.39, 0.29) is 25.2 Å². The predicted molar refractivity (Wildman–Crippen MR) is 399 cm³/mol. The van der Waals surface area contributed by atoms with E-state index in [2.05, 4.69) is 111 Å². The number of hydrogen-bond acceptors (Lipinski definition) is 5. The summed E-state index contributed by atoms with van der Waals surface area (Å²) in [5, 5.41) is 9.73. The van der Waals surface area contributed by atoms with Crippen LogP contribution in [0, 0.1) is 0 Å². The molecular weight excluding hydrogens is 1100 g/mol. The van der Waals surface area contributed by atoms with Crippen LogP contribution in [0.1, 0.15) is 412 Å². The molecule has 0 heterocycles. The molecule has 1 unspecified atom stereocenters. The van der Waals surface area contributed by atoms with Crippen LogP contribution in [0.15, 0.2) is 97.2 Å². The van der Waals surface area contributed by atoms with Gasteiger partial charge in [0.2, 0.25) is 0 Å². The van der Waals surface area contributed by atoms with Crippen molar-refractivity contribution in [1.29, 1.82) is 0 Å². The molecule has 522 valence electrons. The standard InChI is InChI=1S/C85H152O5/c1-3-5-7-9-11-13-15-17-19-21-23-25-27-29-31-33-35-37-39-41-42-44-46-48-50-52-54-56-58-60-62-64-66-68-70-72-74-76-78-80-85(88)90-83(81-86)82-89-84(87)79-77-75-73-71-69-67-65-63-61-59-57-55-53-51-49-47-45-43-40-38-36-34-32-30-28-26-24-22-20-18-16-14-12-10-8-6-4-2/h5-8,11-14,17-20,23-26,83,86H,3-4,9-10,15-16,21-22,27-82H2,1-2H3/b7-5-,8-6-,13-11-,14-12-,19-17-,20-18-,25-23-,26-24-. The third-order valence-electron chi connectivity index (χ3n) is 17.9. The number of unbranched alkanes of at least 4 members (excludes halogenated alkanes) is 50. The topological polar surface area (TPSA) is 72.8 Å². The van der Waals surface area contributed by atoms with Gasteiger partial charge < -0.3 is 14.6 Å². The van der Waals surface area contributed by atoms with Gasteiger partial charge in [-0.15, -0.1) is 0 Å². The number of ether oxygens (including phenoxy) is 2. The largest absolute Gasteiger partial charge is 0.462 e. The second kappa shape index (κ2) is 80.1. The van der Waals surface area contributed by atoms with E-state index in [9.17, 15) is 14.7 Å². The molecule has 0 amide bonds. The van der Waals surface area contributed by atoms with Crippen molar-refractivity contribution in [3.8, 4) is 0 Å². The number of aliphatic hydroxyl groups excluding tert-OH is 1. The van der Waals surface area contributed by atoms with Crippen molar-refractivity contribution in [3.05, 3.63) is 97.2 Å². The zero-order valence-electron chi connectivity index (χ0n) is 60.1. The summed E-state index contributed by atoms with van der Waals surface area (Å²) in [5.41, 5.74) is 0. The van der Waals surface area contributed by atoms with E-state index >= 15 is 0 Å². The van der Waals surface area contributed by atoms with Gasteiger partial charge in [-0.2, -0.15) is 0 Å². The second-order valence-electron chi connectivity index (χ2n) is 26.7. The fourth-order valence-corrected chi connectivity index (χ4v) is 12.0. The summed E-state index contributed by atoms with van der Waals surface area (Å²) < 4.78 is 10.8. The molecule has 0 spiro atoms. The first kappa shape index (κ1) is 86.8. The Kier molecular flexibility index (Phi) is 77.2. The van der Waals surface area contributed by atoms with E-state index in [4.69, 9.17) is 9.47 Å². The molecule has 0 radical (unpaired) electrons. The number of rotatable bonds is 74. The molecule has 0 aliphatic rings. The first-order valence-corrected chi connectivity index (χ1v) is 39.8. The molecule has 1 N–H and O–H groups in total. The zero-order chi connectivity index (χ0) is 64.7. The maximum Gasteiger partial charge on any atom is 0.306 e. The van der Waals surface area contributed by atoms with Gasteiger partial charge in [0.25, 0.3) is 0 Å². The van der Waals surface area contributed by atoms with Crippen LogP contribution in [0.5, 0.6) is 0 Å². The van der Waals surface area contributed by atoms with Crippen LogP contribution in [-0.4, -0.2) is 36.4 Å². The molecule has 0 aromatic heterocycles. The lowest BCUT2D eigenvalue weighted by molar-refractivity contribution is -0.161.